The Balaban J connectivity index is 1.59. The molecule has 52 heavy (non-hydrogen) atoms. The van der Waals surface area contributed by atoms with Crippen LogP contribution in [0.15, 0.2) is 123 Å². The summed E-state index contributed by atoms with van der Waals surface area (Å²) in [4.78, 5) is 73.6. The second-order valence-electron chi connectivity index (χ2n) is 11.0. The number of nitrogens with zero attached hydrogens (tertiary/aromatic N) is 5. The molecule has 0 aromatic carbocycles. The van der Waals surface area contributed by atoms with Crippen LogP contribution in [0.1, 0.15) is 60.0 Å². The van der Waals surface area contributed by atoms with Gasteiger partial charge < -0.3 is 28.8 Å². The molecular formula is C37H33N5O10. The molecule has 15 heteroatoms. The number of hydrogen-bond acceptors (Lipinski definition) is 15. The molecule has 0 saturated heterocycles. The number of aliphatic hydroxyl groups is 1. The van der Waals surface area contributed by atoms with Crippen LogP contribution in [0.5, 0.6) is 0 Å². The predicted octanol–water partition coefficient (Wildman–Crippen LogP) is 3.63. The molecule has 0 bridgehead atoms. The van der Waals surface area contributed by atoms with E-state index in [4.69, 9.17) is 23.7 Å². The lowest BCUT2D eigenvalue weighted by Crippen LogP contribution is -2.54. The lowest BCUT2D eigenvalue weighted by atomic mass is 10.0. The van der Waals surface area contributed by atoms with Crippen molar-refractivity contribution in [2.45, 2.75) is 37.4 Å². The van der Waals surface area contributed by atoms with E-state index in [2.05, 4.69) is 24.9 Å². The van der Waals surface area contributed by atoms with E-state index < -0.39 is 67.6 Å². The van der Waals surface area contributed by atoms with Crippen molar-refractivity contribution in [3.05, 3.63) is 150 Å². The minimum atomic E-state index is -1.71. The Kier molecular flexibility index (Phi) is 13.1. The fourth-order valence-corrected chi connectivity index (χ4v) is 4.84. The van der Waals surface area contributed by atoms with Crippen molar-refractivity contribution < 1.29 is 48.0 Å². The van der Waals surface area contributed by atoms with Gasteiger partial charge in [0.25, 0.3) is 0 Å². The van der Waals surface area contributed by atoms with Crippen LogP contribution in [0.3, 0.4) is 0 Å². The van der Waals surface area contributed by atoms with Crippen LogP contribution in [0.2, 0.25) is 0 Å². The maximum atomic E-state index is 13.6. The van der Waals surface area contributed by atoms with Gasteiger partial charge >= 0.3 is 23.9 Å². The van der Waals surface area contributed by atoms with Crippen molar-refractivity contribution >= 4 is 23.9 Å². The zero-order chi connectivity index (χ0) is 36.7. The normalized spacial score (nSPS) is 13.7. The first-order chi connectivity index (χ1) is 25.3. The SMILES string of the molecule is CC(O[C@@H]([C@H](OC(=O)c1cccnc1)[C@@H](CO)OC(=O)c1cccnc1)[C@@H](COC(=O)c1cccnc1)OC(=O)c1cccnc1)c1cccnc1. The van der Waals surface area contributed by atoms with Crippen LogP contribution >= 0.6 is 0 Å². The Hall–Kier alpha value is -6.45. The van der Waals surface area contributed by atoms with Crippen molar-refractivity contribution in [3.63, 3.8) is 0 Å². The van der Waals surface area contributed by atoms with Gasteiger partial charge in [-0.05, 0) is 67.1 Å². The Labute approximate surface area is 297 Å². The zero-order valence-corrected chi connectivity index (χ0v) is 27.7. The van der Waals surface area contributed by atoms with Gasteiger partial charge in [0, 0.05) is 62.0 Å². The van der Waals surface area contributed by atoms with E-state index in [1.165, 1.54) is 104 Å². The molecule has 5 heterocycles. The first-order valence-electron chi connectivity index (χ1n) is 15.9. The molecule has 0 aliphatic heterocycles. The van der Waals surface area contributed by atoms with Gasteiger partial charge in [0.2, 0.25) is 0 Å². The summed E-state index contributed by atoms with van der Waals surface area (Å²) in [7, 11) is 0. The van der Waals surface area contributed by atoms with Crippen molar-refractivity contribution in [3.8, 4) is 0 Å². The van der Waals surface area contributed by atoms with Crippen molar-refractivity contribution in [1.29, 1.82) is 0 Å². The third-order valence-corrected chi connectivity index (χ3v) is 7.48. The molecule has 0 aliphatic carbocycles. The summed E-state index contributed by atoms with van der Waals surface area (Å²) in [6.45, 7) is 0.109. The monoisotopic (exact) mass is 707 g/mol. The molecule has 0 aliphatic rings. The summed E-state index contributed by atoms with van der Waals surface area (Å²) >= 11 is 0. The summed E-state index contributed by atoms with van der Waals surface area (Å²) in [5, 5.41) is 10.7. The van der Waals surface area contributed by atoms with E-state index >= 15 is 0 Å². The van der Waals surface area contributed by atoms with Gasteiger partial charge in [-0.25, -0.2) is 19.2 Å². The minimum Gasteiger partial charge on any atom is -0.458 e. The Morgan fingerprint density at radius 1 is 0.558 bits per heavy atom. The quantitative estimate of drug-likeness (QED) is 0.115. The molecule has 0 saturated carbocycles. The molecule has 5 aromatic rings. The smallest absolute Gasteiger partial charge is 0.340 e. The second-order valence-corrected chi connectivity index (χ2v) is 11.0. The van der Waals surface area contributed by atoms with Crippen LogP contribution in [-0.4, -0.2) is 91.5 Å². The largest absolute Gasteiger partial charge is 0.458 e. The Bertz CT molecular complexity index is 1890. The molecule has 0 spiro atoms. The van der Waals surface area contributed by atoms with Gasteiger partial charge in [-0.15, -0.1) is 0 Å². The summed E-state index contributed by atoms with van der Waals surface area (Å²) in [5.74, 6) is -3.58. The van der Waals surface area contributed by atoms with E-state index in [-0.39, 0.29) is 22.3 Å². The lowest BCUT2D eigenvalue weighted by Gasteiger charge is -2.37. The maximum Gasteiger partial charge on any atom is 0.340 e. The van der Waals surface area contributed by atoms with Crippen molar-refractivity contribution in [2.24, 2.45) is 0 Å². The minimum absolute atomic E-state index is 0.00810. The number of rotatable bonds is 16. The summed E-state index contributed by atoms with van der Waals surface area (Å²) in [6, 6.07) is 15.3. The topological polar surface area (TPSA) is 199 Å². The third kappa shape index (κ3) is 10.1. The molecule has 5 aromatic heterocycles. The summed E-state index contributed by atoms with van der Waals surface area (Å²) in [6.07, 6.45) is 6.65. The third-order valence-electron chi connectivity index (χ3n) is 7.48. The van der Waals surface area contributed by atoms with E-state index in [0.717, 1.165) is 0 Å². The summed E-state index contributed by atoms with van der Waals surface area (Å²) < 4.78 is 29.7. The number of esters is 4. The molecule has 1 unspecified atom stereocenters. The number of ether oxygens (including phenoxy) is 5. The van der Waals surface area contributed by atoms with Gasteiger partial charge in [0.15, 0.2) is 18.3 Å². The van der Waals surface area contributed by atoms with E-state index in [0.29, 0.717) is 5.56 Å². The highest BCUT2D eigenvalue weighted by Gasteiger charge is 2.44. The first kappa shape index (κ1) is 36.8. The van der Waals surface area contributed by atoms with Crippen LogP contribution in [0, 0.1) is 0 Å². The highest BCUT2D eigenvalue weighted by molar-refractivity contribution is 5.91. The van der Waals surface area contributed by atoms with E-state index in [9.17, 15) is 24.3 Å². The van der Waals surface area contributed by atoms with Gasteiger partial charge in [0.05, 0.1) is 35.0 Å². The van der Waals surface area contributed by atoms with Crippen LogP contribution < -0.4 is 0 Å². The first-order valence-corrected chi connectivity index (χ1v) is 15.9. The number of carbonyl (C=O) groups excluding carboxylic acids is 4. The fourth-order valence-electron chi connectivity index (χ4n) is 4.84. The molecule has 0 fully saturated rings. The molecule has 266 valence electrons. The van der Waals surface area contributed by atoms with Gasteiger partial charge in [-0.3, -0.25) is 24.9 Å². The molecule has 5 atom stereocenters. The Morgan fingerprint density at radius 2 is 0.981 bits per heavy atom. The van der Waals surface area contributed by atoms with Crippen molar-refractivity contribution in [2.75, 3.05) is 13.2 Å². The average molecular weight is 708 g/mol. The highest BCUT2D eigenvalue weighted by atomic mass is 16.6. The van der Waals surface area contributed by atoms with E-state index in [1.807, 2.05) is 0 Å². The van der Waals surface area contributed by atoms with Gasteiger partial charge in [0.1, 0.15) is 12.7 Å². The van der Waals surface area contributed by atoms with Crippen LogP contribution in [0.25, 0.3) is 0 Å². The van der Waals surface area contributed by atoms with Crippen LogP contribution in [-0.2, 0) is 23.7 Å². The Morgan fingerprint density at radius 3 is 1.40 bits per heavy atom. The average Bonchev–Trinajstić information content (AvgIpc) is 3.21. The predicted molar refractivity (Wildman–Crippen MR) is 179 cm³/mol. The van der Waals surface area contributed by atoms with Gasteiger partial charge in [-0.1, -0.05) is 6.07 Å². The summed E-state index contributed by atoms with van der Waals surface area (Å²) in [5.41, 5.74) is 0.732. The molecule has 0 radical (unpaired) electrons. The number of aliphatic hydroxyl groups excluding tert-OH is 1. The number of aromatic nitrogens is 5. The molecular weight excluding hydrogens is 674 g/mol. The molecule has 0 amide bonds. The highest BCUT2D eigenvalue weighted by Crippen LogP contribution is 2.28. The molecule has 5 rings (SSSR count). The lowest BCUT2D eigenvalue weighted by molar-refractivity contribution is -0.170. The fraction of sp³-hybridized carbons (Fsp3) is 0.216. The molecule has 1 N–H and O–H groups in total. The second kappa shape index (κ2) is 18.5. The number of hydrogen-bond donors (Lipinski definition) is 1. The zero-order valence-electron chi connectivity index (χ0n) is 27.7. The van der Waals surface area contributed by atoms with Gasteiger partial charge in [-0.2, -0.15) is 0 Å². The van der Waals surface area contributed by atoms with Crippen LogP contribution in [0.4, 0.5) is 0 Å². The van der Waals surface area contributed by atoms with E-state index in [1.54, 1.807) is 25.3 Å². The standard InChI is InChI=1S/C37H33N5O10/c1-24(25-7-2-12-38-17-25)49-33(31(51-36(46)28-10-5-15-41-20-28)23-48-34(44)26-8-3-13-39-18-26)32(52-37(47)29-11-6-16-42-21-29)30(22-43)50-35(45)27-9-4-14-40-19-27/h2-21,24,30-33,43H,22-23H2,1H3/t24?,30-,31-,32-,33-/m1/s1. The molecule has 15 nitrogen and oxygen atoms in total. The maximum absolute atomic E-state index is 13.6. The number of pyridine rings is 5. The van der Waals surface area contributed by atoms with Crippen molar-refractivity contribution in [1.82, 2.24) is 24.9 Å². The number of carbonyl (C=O) groups is 4.